The number of cyclic esters (lactones) is 1. The second kappa shape index (κ2) is 15.6. The van der Waals surface area contributed by atoms with Crippen LogP contribution in [0.2, 0.25) is 0 Å². The number of esters is 3. The van der Waals surface area contributed by atoms with E-state index in [0.29, 0.717) is 25.4 Å². The smallest absolute Gasteiger partial charge is 0.330 e. The van der Waals surface area contributed by atoms with Gasteiger partial charge in [0.2, 0.25) is 0 Å². The number of hydrogen-bond donors (Lipinski definition) is 0. The summed E-state index contributed by atoms with van der Waals surface area (Å²) in [7, 11) is 0. The highest BCUT2D eigenvalue weighted by molar-refractivity contribution is 5.82. The average Bonchev–Trinajstić information content (AvgIpc) is 3.68. The quantitative estimate of drug-likeness (QED) is 0.181. The summed E-state index contributed by atoms with van der Waals surface area (Å²) in [5.74, 6) is -1.14. The van der Waals surface area contributed by atoms with Gasteiger partial charge in [-0.2, -0.15) is 0 Å². The topological polar surface area (TPSA) is 110 Å². The molecule has 4 aliphatic rings. The number of carbonyl (C=O) groups excluding carboxylic acids is 3. The fourth-order valence-corrected chi connectivity index (χ4v) is 6.05. The summed E-state index contributed by atoms with van der Waals surface area (Å²) in [6.07, 6.45) is 14.1. The van der Waals surface area contributed by atoms with Crippen LogP contribution in [-0.4, -0.2) is 73.3 Å². The van der Waals surface area contributed by atoms with Gasteiger partial charge in [-0.25, -0.2) is 4.79 Å². The molecule has 9 heteroatoms. The number of rotatable bonds is 5. The van der Waals surface area contributed by atoms with Gasteiger partial charge in [-0.15, -0.1) is 0 Å². The second-order valence-electron chi connectivity index (χ2n) is 12.2. The van der Waals surface area contributed by atoms with Crippen molar-refractivity contribution in [2.45, 2.75) is 121 Å². The first-order valence-electron chi connectivity index (χ1n) is 15.4. The summed E-state index contributed by atoms with van der Waals surface area (Å²) in [6, 6.07) is 0. The Morgan fingerprint density at radius 3 is 2.63 bits per heavy atom. The molecule has 0 spiro atoms. The van der Waals surface area contributed by atoms with E-state index in [4.69, 9.17) is 28.4 Å². The Bertz CT molecular complexity index is 1130. The van der Waals surface area contributed by atoms with Gasteiger partial charge in [-0.3, -0.25) is 9.59 Å². The van der Waals surface area contributed by atoms with Crippen molar-refractivity contribution in [3.05, 3.63) is 60.3 Å². The van der Waals surface area contributed by atoms with Crippen LogP contribution in [0.5, 0.6) is 0 Å². The van der Waals surface area contributed by atoms with Gasteiger partial charge in [0.1, 0.15) is 18.3 Å². The van der Waals surface area contributed by atoms with Crippen LogP contribution in [0.3, 0.4) is 0 Å². The van der Waals surface area contributed by atoms with E-state index >= 15 is 0 Å². The Hall–Kier alpha value is -3.01. The molecule has 1 saturated heterocycles. The Morgan fingerprint density at radius 2 is 1.88 bits per heavy atom. The third-order valence-corrected chi connectivity index (χ3v) is 8.02. The van der Waals surface area contributed by atoms with Crippen molar-refractivity contribution in [2.24, 2.45) is 5.92 Å². The molecule has 4 rings (SSSR count). The van der Waals surface area contributed by atoms with Gasteiger partial charge >= 0.3 is 17.9 Å². The standard InChI is InChI=1S/C34H46O9/c1-21-14-15-38-27(17-21)12-13-29(39-24(4)35)30-20-32-34(43-32)31(40-25(5)36)19-23(3)16-22(2)18-28-10-6-8-26(41-28)9-7-11-33(37)42-30/h6-8,11-14,22,26-32,34H,3,9-10,15-20H2,1-2,4-5H3/b11-7-,13-12+/t22-,26-,27+,28-,29-,30-,31?,32-,34-/m0/s1. The number of epoxide rings is 1. The highest BCUT2D eigenvalue weighted by Gasteiger charge is 2.49. The van der Waals surface area contributed by atoms with Crippen molar-refractivity contribution < 1.29 is 42.8 Å². The van der Waals surface area contributed by atoms with Gasteiger partial charge in [-0.05, 0) is 51.0 Å². The van der Waals surface area contributed by atoms with Crippen LogP contribution in [0.25, 0.3) is 0 Å². The van der Waals surface area contributed by atoms with E-state index in [0.717, 1.165) is 31.3 Å². The Morgan fingerprint density at radius 1 is 1.07 bits per heavy atom. The van der Waals surface area contributed by atoms with Gasteiger partial charge in [0.05, 0.1) is 31.0 Å². The summed E-state index contributed by atoms with van der Waals surface area (Å²) < 4.78 is 35.3. The zero-order valence-corrected chi connectivity index (χ0v) is 25.8. The SMILES string of the molecule is C=C1CC(OC(C)=O)[C@@H]2O[C@H]2C[C@@H]([C@H](/C=C/[C@@H]2CC(C)=CCO2)OC(C)=O)OC(=O)/C=C\C[C@@H]2C=CC[C@@H](C[C@@H](C)C1)O2. The van der Waals surface area contributed by atoms with Crippen LogP contribution in [0.15, 0.2) is 60.3 Å². The number of carbonyl (C=O) groups is 3. The fourth-order valence-electron chi connectivity index (χ4n) is 6.05. The molecule has 0 saturated carbocycles. The van der Waals surface area contributed by atoms with Crippen molar-refractivity contribution in [1.29, 1.82) is 0 Å². The van der Waals surface area contributed by atoms with E-state index in [1.165, 1.54) is 25.5 Å². The predicted molar refractivity (Wildman–Crippen MR) is 160 cm³/mol. The predicted octanol–water partition coefficient (Wildman–Crippen LogP) is 5.25. The lowest BCUT2D eigenvalue weighted by molar-refractivity contribution is -0.160. The fraction of sp³-hybridized carbons (Fsp3) is 0.618. The van der Waals surface area contributed by atoms with E-state index in [1.807, 2.05) is 25.2 Å². The molecule has 2 bridgehead atoms. The van der Waals surface area contributed by atoms with Crippen LogP contribution < -0.4 is 0 Å². The molecule has 0 aromatic carbocycles. The second-order valence-corrected chi connectivity index (χ2v) is 12.2. The number of ether oxygens (including phenoxy) is 6. The maximum absolute atomic E-state index is 13.0. The van der Waals surface area contributed by atoms with E-state index in [-0.39, 0.29) is 30.8 Å². The third-order valence-electron chi connectivity index (χ3n) is 8.02. The molecule has 0 radical (unpaired) electrons. The van der Waals surface area contributed by atoms with Crippen molar-refractivity contribution in [1.82, 2.24) is 0 Å². The van der Waals surface area contributed by atoms with E-state index in [1.54, 1.807) is 12.2 Å². The molecule has 236 valence electrons. The van der Waals surface area contributed by atoms with E-state index < -0.39 is 42.3 Å². The molecule has 43 heavy (non-hydrogen) atoms. The molecule has 9 atom stereocenters. The van der Waals surface area contributed by atoms with Gasteiger partial charge in [-0.1, -0.05) is 55.0 Å². The van der Waals surface area contributed by atoms with Crippen molar-refractivity contribution in [2.75, 3.05) is 6.61 Å². The minimum atomic E-state index is -0.867. The zero-order valence-electron chi connectivity index (χ0n) is 25.8. The lowest BCUT2D eigenvalue weighted by Crippen LogP contribution is -2.36. The van der Waals surface area contributed by atoms with Gasteiger partial charge < -0.3 is 28.4 Å². The van der Waals surface area contributed by atoms with Gasteiger partial charge in [0, 0.05) is 32.8 Å². The zero-order chi connectivity index (χ0) is 30.9. The highest BCUT2D eigenvalue weighted by atomic mass is 16.6. The molecule has 1 unspecified atom stereocenters. The van der Waals surface area contributed by atoms with Gasteiger partial charge in [0.25, 0.3) is 0 Å². The summed E-state index contributed by atoms with van der Waals surface area (Å²) in [5, 5.41) is 0. The summed E-state index contributed by atoms with van der Waals surface area (Å²) >= 11 is 0. The number of fused-ring (bicyclic) bond motifs is 3. The largest absolute Gasteiger partial charge is 0.459 e. The Labute approximate surface area is 254 Å². The first kappa shape index (κ1) is 32.9. The van der Waals surface area contributed by atoms with Crippen LogP contribution >= 0.6 is 0 Å². The Balaban J connectivity index is 1.57. The monoisotopic (exact) mass is 598 g/mol. The van der Waals surface area contributed by atoms with Crippen LogP contribution in [0.4, 0.5) is 0 Å². The average molecular weight is 599 g/mol. The molecule has 0 N–H and O–H groups in total. The minimum Gasteiger partial charge on any atom is -0.459 e. The van der Waals surface area contributed by atoms with Crippen molar-refractivity contribution in [3.8, 4) is 0 Å². The molecule has 0 aromatic rings. The normalized spacial score (nSPS) is 35.4. The molecule has 4 aliphatic heterocycles. The first-order chi connectivity index (χ1) is 20.5. The summed E-state index contributed by atoms with van der Waals surface area (Å²) in [4.78, 5) is 37.2. The molecule has 0 aromatic heterocycles. The summed E-state index contributed by atoms with van der Waals surface area (Å²) in [5.41, 5.74) is 2.18. The van der Waals surface area contributed by atoms with E-state index in [2.05, 4.69) is 19.6 Å². The first-order valence-corrected chi connectivity index (χ1v) is 15.4. The van der Waals surface area contributed by atoms with Crippen LogP contribution in [0.1, 0.15) is 72.6 Å². The third kappa shape index (κ3) is 10.9. The maximum atomic E-state index is 13.0. The molecule has 0 amide bonds. The number of hydrogen-bond acceptors (Lipinski definition) is 9. The lowest BCUT2D eigenvalue weighted by Gasteiger charge is -2.28. The maximum Gasteiger partial charge on any atom is 0.330 e. The molecule has 0 aliphatic carbocycles. The van der Waals surface area contributed by atoms with Crippen molar-refractivity contribution >= 4 is 17.9 Å². The molecule has 4 heterocycles. The minimum absolute atomic E-state index is 0.0746. The van der Waals surface area contributed by atoms with Gasteiger partial charge in [0.15, 0.2) is 6.10 Å². The molecular weight excluding hydrogens is 552 g/mol. The van der Waals surface area contributed by atoms with Crippen LogP contribution in [0, 0.1) is 5.92 Å². The molecule has 9 nitrogen and oxygen atoms in total. The van der Waals surface area contributed by atoms with E-state index in [9.17, 15) is 14.4 Å². The lowest BCUT2D eigenvalue weighted by atomic mass is 9.90. The molecular formula is C34H46O9. The van der Waals surface area contributed by atoms with Crippen molar-refractivity contribution in [3.63, 3.8) is 0 Å². The van der Waals surface area contributed by atoms with Crippen LogP contribution in [-0.2, 0) is 42.8 Å². The summed E-state index contributed by atoms with van der Waals surface area (Å²) in [6.45, 7) is 11.7. The Kier molecular flexibility index (Phi) is 12.0. The highest BCUT2D eigenvalue weighted by Crippen LogP contribution is 2.37. The molecule has 1 fully saturated rings.